The van der Waals surface area contributed by atoms with Crippen molar-refractivity contribution in [1.82, 2.24) is 30.0 Å². The molecule has 146 valence electrons. The zero-order chi connectivity index (χ0) is 18.6. The zero-order valence-electron chi connectivity index (χ0n) is 16.2. The molecule has 2 aliphatic rings. The summed E-state index contributed by atoms with van der Waals surface area (Å²) in [7, 11) is 0. The lowest BCUT2D eigenvalue weighted by molar-refractivity contribution is 0.0889. The first-order valence-corrected chi connectivity index (χ1v) is 9.89. The zero-order valence-corrected chi connectivity index (χ0v) is 16.2. The lowest BCUT2D eigenvalue weighted by Crippen LogP contribution is -2.47. The van der Waals surface area contributed by atoms with Crippen molar-refractivity contribution in [3.8, 4) is 11.5 Å². The van der Waals surface area contributed by atoms with Crippen molar-refractivity contribution in [2.75, 3.05) is 39.5 Å². The van der Waals surface area contributed by atoms with Gasteiger partial charge in [-0.2, -0.15) is 0 Å². The molecule has 0 aliphatic carbocycles. The summed E-state index contributed by atoms with van der Waals surface area (Å²) in [5.41, 5.74) is 1.11. The summed E-state index contributed by atoms with van der Waals surface area (Å²) in [4.78, 5) is 5.03. The summed E-state index contributed by atoms with van der Waals surface area (Å²) >= 11 is 0. The Hall–Kier alpha value is -2.19. The average molecular weight is 372 g/mol. The molecule has 4 rings (SSSR count). The van der Waals surface area contributed by atoms with Gasteiger partial charge in [0.2, 0.25) is 6.79 Å². The van der Waals surface area contributed by atoms with Crippen LogP contribution in [0, 0.1) is 0 Å². The second-order valence-electron chi connectivity index (χ2n) is 7.16. The van der Waals surface area contributed by atoms with Gasteiger partial charge >= 0.3 is 0 Å². The Morgan fingerprint density at radius 1 is 1.07 bits per heavy atom. The predicted octanol–water partition coefficient (Wildman–Crippen LogP) is 1.93. The van der Waals surface area contributed by atoms with E-state index in [9.17, 15) is 0 Å². The lowest BCUT2D eigenvalue weighted by Gasteiger charge is -2.38. The van der Waals surface area contributed by atoms with Crippen LogP contribution in [-0.4, -0.2) is 69.5 Å². The van der Waals surface area contributed by atoms with E-state index in [4.69, 9.17) is 9.47 Å². The van der Waals surface area contributed by atoms with Crippen molar-refractivity contribution < 1.29 is 9.47 Å². The van der Waals surface area contributed by atoms with Crippen LogP contribution in [0.25, 0.3) is 0 Å². The summed E-state index contributed by atoms with van der Waals surface area (Å²) in [5.74, 6) is 2.55. The number of aromatic nitrogens is 4. The maximum absolute atomic E-state index is 5.49. The molecule has 8 heteroatoms. The third-order valence-corrected chi connectivity index (χ3v) is 5.48. The molecule has 0 amide bonds. The Kier molecular flexibility index (Phi) is 5.54. The Morgan fingerprint density at radius 2 is 1.89 bits per heavy atom. The lowest BCUT2D eigenvalue weighted by atomic mass is 10.1. The maximum Gasteiger partial charge on any atom is 0.231 e. The van der Waals surface area contributed by atoms with Crippen LogP contribution in [0.2, 0.25) is 0 Å². The highest BCUT2D eigenvalue weighted by Crippen LogP contribution is 2.33. The molecule has 2 aliphatic heterocycles. The Balaban J connectivity index is 1.52. The number of tetrazole rings is 1. The molecule has 1 aromatic carbocycles. The quantitative estimate of drug-likeness (QED) is 0.735. The van der Waals surface area contributed by atoms with Gasteiger partial charge in [-0.05, 0) is 41.1 Å². The summed E-state index contributed by atoms with van der Waals surface area (Å²) in [6.07, 6.45) is 2.17. The molecule has 0 radical (unpaired) electrons. The van der Waals surface area contributed by atoms with E-state index in [2.05, 4.69) is 39.2 Å². The van der Waals surface area contributed by atoms with E-state index < -0.39 is 0 Å². The van der Waals surface area contributed by atoms with Gasteiger partial charge in [0.25, 0.3) is 0 Å². The van der Waals surface area contributed by atoms with Crippen molar-refractivity contribution >= 4 is 0 Å². The Labute approximate surface area is 160 Å². The molecular formula is C19H28N6O2. The fraction of sp³-hybridized carbons (Fsp3) is 0.632. The van der Waals surface area contributed by atoms with Gasteiger partial charge in [-0.1, -0.05) is 26.3 Å². The van der Waals surface area contributed by atoms with Gasteiger partial charge in [0.1, 0.15) is 0 Å². The molecule has 1 fully saturated rings. The van der Waals surface area contributed by atoms with E-state index in [1.165, 1.54) is 0 Å². The van der Waals surface area contributed by atoms with E-state index in [0.717, 1.165) is 68.5 Å². The highest BCUT2D eigenvalue weighted by Gasteiger charge is 2.28. The third-order valence-electron chi connectivity index (χ3n) is 5.48. The minimum atomic E-state index is 0.262. The fourth-order valence-corrected chi connectivity index (χ4v) is 3.91. The molecule has 0 spiro atoms. The van der Waals surface area contributed by atoms with Crippen molar-refractivity contribution in [3.63, 3.8) is 0 Å². The summed E-state index contributed by atoms with van der Waals surface area (Å²) < 4.78 is 12.8. The van der Waals surface area contributed by atoms with Crippen LogP contribution in [0.1, 0.15) is 44.1 Å². The number of nitrogens with zero attached hydrogens (tertiary/aromatic N) is 6. The SMILES string of the molecule is CCC[C@H](c1nnnn1Cc1ccc2c(c1)OCO2)N1CCN(CC)CC1. The van der Waals surface area contributed by atoms with Crippen molar-refractivity contribution in [2.24, 2.45) is 0 Å². The van der Waals surface area contributed by atoms with Crippen molar-refractivity contribution in [3.05, 3.63) is 29.6 Å². The molecule has 1 aromatic heterocycles. The van der Waals surface area contributed by atoms with E-state index in [0.29, 0.717) is 6.54 Å². The Morgan fingerprint density at radius 3 is 2.67 bits per heavy atom. The van der Waals surface area contributed by atoms with Gasteiger partial charge in [-0.15, -0.1) is 5.10 Å². The highest BCUT2D eigenvalue weighted by molar-refractivity contribution is 5.44. The molecule has 2 aromatic rings. The monoisotopic (exact) mass is 372 g/mol. The van der Waals surface area contributed by atoms with Crippen LogP contribution < -0.4 is 9.47 Å². The smallest absolute Gasteiger partial charge is 0.231 e. The van der Waals surface area contributed by atoms with E-state index in [1.54, 1.807) is 0 Å². The highest BCUT2D eigenvalue weighted by atomic mass is 16.7. The molecule has 8 nitrogen and oxygen atoms in total. The predicted molar refractivity (Wildman–Crippen MR) is 101 cm³/mol. The van der Waals surface area contributed by atoms with Gasteiger partial charge in [0.15, 0.2) is 17.3 Å². The summed E-state index contributed by atoms with van der Waals surface area (Å²) in [5, 5.41) is 12.7. The molecule has 0 bridgehead atoms. The molecule has 0 saturated carbocycles. The van der Waals surface area contributed by atoms with Gasteiger partial charge < -0.3 is 14.4 Å². The van der Waals surface area contributed by atoms with Crippen LogP contribution in [0.4, 0.5) is 0 Å². The van der Waals surface area contributed by atoms with Crippen LogP contribution in [0.3, 0.4) is 0 Å². The Bertz CT molecular complexity index is 756. The minimum Gasteiger partial charge on any atom is -0.454 e. The normalized spacial score (nSPS) is 18.7. The molecule has 0 N–H and O–H groups in total. The van der Waals surface area contributed by atoms with Gasteiger partial charge in [-0.3, -0.25) is 4.90 Å². The number of benzene rings is 1. The average Bonchev–Trinajstić information content (AvgIpc) is 3.35. The van der Waals surface area contributed by atoms with Crippen LogP contribution >= 0.6 is 0 Å². The number of fused-ring (bicyclic) bond motifs is 1. The van der Waals surface area contributed by atoms with Gasteiger partial charge in [0.05, 0.1) is 12.6 Å². The molecule has 1 atom stereocenters. The first kappa shape index (κ1) is 18.2. The number of likely N-dealkylation sites (N-methyl/N-ethyl adjacent to an activating group) is 1. The number of hydrogen-bond acceptors (Lipinski definition) is 7. The van der Waals surface area contributed by atoms with E-state index >= 15 is 0 Å². The van der Waals surface area contributed by atoms with Crippen molar-refractivity contribution in [1.29, 1.82) is 0 Å². The fourth-order valence-electron chi connectivity index (χ4n) is 3.91. The minimum absolute atomic E-state index is 0.262. The molecule has 1 saturated heterocycles. The van der Waals surface area contributed by atoms with Crippen LogP contribution in [0.15, 0.2) is 18.2 Å². The topological polar surface area (TPSA) is 68.5 Å². The van der Waals surface area contributed by atoms with Gasteiger partial charge in [0, 0.05) is 26.2 Å². The van der Waals surface area contributed by atoms with Crippen LogP contribution in [-0.2, 0) is 6.54 Å². The number of piperazine rings is 1. The van der Waals surface area contributed by atoms with E-state index in [1.807, 2.05) is 22.9 Å². The first-order chi connectivity index (χ1) is 13.3. The second-order valence-corrected chi connectivity index (χ2v) is 7.16. The first-order valence-electron chi connectivity index (χ1n) is 9.89. The number of ether oxygens (including phenoxy) is 2. The summed E-state index contributed by atoms with van der Waals surface area (Å²) in [6.45, 7) is 10.8. The maximum atomic E-state index is 5.49. The second kappa shape index (κ2) is 8.22. The van der Waals surface area contributed by atoms with Crippen LogP contribution in [0.5, 0.6) is 11.5 Å². The molecular weight excluding hydrogens is 344 g/mol. The van der Waals surface area contributed by atoms with E-state index in [-0.39, 0.29) is 12.8 Å². The van der Waals surface area contributed by atoms with Crippen molar-refractivity contribution in [2.45, 2.75) is 39.3 Å². The third kappa shape index (κ3) is 3.91. The van der Waals surface area contributed by atoms with Gasteiger partial charge in [-0.25, -0.2) is 4.68 Å². The molecule has 0 unspecified atom stereocenters. The largest absolute Gasteiger partial charge is 0.454 e. The number of rotatable bonds is 7. The molecule has 27 heavy (non-hydrogen) atoms. The summed E-state index contributed by atoms with van der Waals surface area (Å²) in [6, 6.07) is 6.28. The molecule has 3 heterocycles. The number of hydrogen-bond donors (Lipinski definition) is 0. The standard InChI is InChI=1S/C19H28N6O2/c1-3-5-16(24-10-8-23(4-2)9-11-24)19-20-21-22-25(19)13-15-6-7-17-18(12-15)27-14-26-17/h6-7,12,16H,3-5,8-11,13-14H2,1-2H3/t16-/m1/s1.